The van der Waals surface area contributed by atoms with E-state index >= 15 is 0 Å². The van der Waals surface area contributed by atoms with E-state index in [0.717, 1.165) is 51.1 Å². The highest BCUT2D eigenvalue weighted by molar-refractivity contribution is 7.86. The number of phosphoric acid groups is 3. The van der Waals surface area contributed by atoms with Gasteiger partial charge in [-0.1, -0.05) is 32.1 Å². The summed E-state index contributed by atoms with van der Waals surface area (Å²) in [6.45, 7) is 10.7. The van der Waals surface area contributed by atoms with Crippen LogP contribution in [0.3, 0.4) is 0 Å². The van der Waals surface area contributed by atoms with Crippen molar-refractivity contribution >= 4 is 77.6 Å². The van der Waals surface area contributed by atoms with E-state index < -0.39 is 90.8 Å². The smallest absolute Gasteiger partial charge is 0.391 e. The van der Waals surface area contributed by atoms with Crippen LogP contribution in [0.2, 0.25) is 0 Å². The van der Waals surface area contributed by atoms with Gasteiger partial charge in [-0.2, -0.15) is 30.0 Å². The fraction of sp³-hybridized carbons (Fsp3) is 0.400. The maximum Gasteiger partial charge on any atom is 0.490 e. The van der Waals surface area contributed by atoms with Gasteiger partial charge in [-0.05, 0) is 93.2 Å². The Balaban J connectivity index is 1.03. The number of ether oxygens (including phenoxy) is 1. The van der Waals surface area contributed by atoms with E-state index in [-0.39, 0.29) is 21.8 Å². The summed E-state index contributed by atoms with van der Waals surface area (Å²) >= 11 is 0. The number of H-pyrrole nitrogens is 1. The predicted molar refractivity (Wildman–Crippen MR) is 273 cm³/mol. The minimum absolute atomic E-state index is 0.00457. The summed E-state index contributed by atoms with van der Waals surface area (Å²) in [6, 6.07) is 12.9. The Morgan fingerprint density at radius 1 is 0.893 bits per heavy atom. The number of hydrogen-bond donors (Lipinski definition) is 9. The topological polar surface area (TPSA) is 371 Å². The summed E-state index contributed by atoms with van der Waals surface area (Å²) < 4.78 is 124. The predicted octanol–water partition coefficient (Wildman–Crippen LogP) is 5.24. The third-order valence-corrected chi connectivity index (χ3v) is 18.6. The number of nitrogens with zero attached hydrogens (tertiary/aromatic N) is 3. The summed E-state index contributed by atoms with van der Waals surface area (Å²) in [7, 11) is -26.0. The van der Waals surface area contributed by atoms with Crippen molar-refractivity contribution in [3.63, 3.8) is 0 Å². The first-order chi connectivity index (χ1) is 34.8. The van der Waals surface area contributed by atoms with Crippen molar-refractivity contribution in [1.82, 2.24) is 14.9 Å². The number of unbranched alkanes of at least 4 members (excludes halogenated alkanes) is 2. The number of aromatic amines is 1. The zero-order chi connectivity index (χ0) is 55.3. The molecule has 3 aromatic carbocycles. The average Bonchev–Trinajstić information content (AvgIpc) is 3.84. The molecule has 30 heteroatoms. The lowest BCUT2D eigenvalue weighted by molar-refractivity contribution is -0.438. The summed E-state index contributed by atoms with van der Waals surface area (Å²) in [5, 5.41) is 14.7. The Hall–Kier alpha value is -4.76. The van der Waals surface area contributed by atoms with Crippen LogP contribution in [0.25, 0.3) is 16.8 Å². The third kappa shape index (κ3) is 12.8. The van der Waals surface area contributed by atoms with Crippen molar-refractivity contribution in [1.29, 1.82) is 0 Å². The molecule has 4 aromatic rings. The molecule has 9 N–H and O–H groups in total. The molecule has 4 heterocycles. The second-order valence-corrected chi connectivity index (χ2v) is 26.0. The van der Waals surface area contributed by atoms with Gasteiger partial charge in [-0.3, -0.25) is 28.0 Å². The Kier molecular flexibility index (Phi) is 16.7. The van der Waals surface area contributed by atoms with E-state index in [4.69, 9.17) is 14.5 Å². The van der Waals surface area contributed by atoms with Crippen LogP contribution in [0.5, 0.6) is 0 Å². The van der Waals surface area contributed by atoms with Crippen molar-refractivity contribution in [2.24, 2.45) is 0 Å². The van der Waals surface area contributed by atoms with Crippen LogP contribution in [0.4, 0.5) is 11.4 Å². The molecule has 1 saturated heterocycles. The lowest BCUT2D eigenvalue weighted by atomic mass is 9.79. The second kappa shape index (κ2) is 21.6. The van der Waals surface area contributed by atoms with Gasteiger partial charge in [-0.25, -0.2) is 18.5 Å². The zero-order valence-electron chi connectivity index (χ0n) is 40.9. The molecule has 25 nitrogen and oxygen atoms in total. The van der Waals surface area contributed by atoms with Crippen molar-refractivity contribution in [2.75, 3.05) is 31.1 Å². The standard InChI is InChI=1S/C45H56N5O20P3S2/c1-6-48-33-18-16-29(74(61,62)63)24-32(33)44(2,3)38(48)14-11-15-39-45(4,5)41-31-12-10-13-37(75(64,65)66)30(31)17-19-34(41)49(39)23-9-7-8-21-46-22-20-28-26-50(43(53)47-42(28)52)40-25-35(51)36(68-40)27-67-72(57,58)70-73(59,60)69-71(54,55)56/h10-20,22,24,26,35-36,40,46,51H,6-9,21,23,25,27H2,1-5H3,(H6-,47,52,53,54,55,56,57,58,59,60,61,62,63,64,65,66)/p+1/b22-20+. The number of aliphatic hydroxyl groups is 1. The van der Waals surface area contributed by atoms with Crippen LogP contribution in [-0.2, 0) is 62.6 Å². The number of benzene rings is 3. The van der Waals surface area contributed by atoms with Crippen molar-refractivity contribution in [2.45, 2.75) is 99.4 Å². The highest BCUT2D eigenvalue weighted by Gasteiger charge is 2.47. The number of hydrogen-bond acceptors (Lipinski definition) is 16. The highest BCUT2D eigenvalue weighted by Crippen LogP contribution is 2.66. The molecular formula is C45H57N5O20P3S2+. The van der Waals surface area contributed by atoms with E-state index in [1.165, 1.54) is 30.5 Å². The summed E-state index contributed by atoms with van der Waals surface area (Å²) in [5.74, 6) is 0. The number of aromatic nitrogens is 2. The number of phosphoric ester groups is 1. The zero-order valence-corrected chi connectivity index (χ0v) is 45.2. The summed E-state index contributed by atoms with van der Waals surface area (Å²) in [6.07, 6.45) is 7.72. The van der Waals surface area contributed by atoms with Gasteiger partial charge >= 0.3 is 29.2 Å². The summed E-state index contributed by atoms with van der Waals surface area (Å²) in [4.78, 5) is 65.9. The van der Waals surface area contributed by atoms with Crippen LogP contribution in [0.1, 0.15) is 83.2 Å². The number of anilines is 1. The van der Waals surface area contributed by atoms with E-state index in [2.05, 4.69) is 32.9 Å². The van der Waals surface area contributed by atoms with Gasteiger partial charge < -0.3 is 39.6 Å². The maximum atomic E-state index is 12.8. The third-order valence-electron chi connectivity index (χ3n) is 13.0. The van der Waals surface area contributed by atoms with E-state index in [1.54, 1.807) is 18.2 Å². The normalized spacial score (nSPS) is 21.8. The molecule has 0 aliphatic carbocycles. The van der Waals surface area contributed by atoms with E-state index in [9.17, 15) is 64.1 Å². The van der Waals surface area contributed by atoms with Crippen LogP contribution in [-0.4, -0.2) is 109 Å². The molecule has 0 spiro atoms. The van der Waals surface area contributed by atoms with E-state index in [1.807, 2.05) is 65.0 Å². The monoisotopic (exact) mass is 1140 g/mol. The molecule has 7 rings (SSSR count). The molecule has 75 heavy (non-hydrogen) atoms. The first kappa shape index (κ1) is 57.9. The van der Waals surface area contributed by atoms with Gasteiger partial charge in [0.2, 0.25) is 5.69 Å². The fourth-order valence-corrected chi connectivity index (χ4v) is 13.9. The van der Waals surface area contributed by atoms with Gasteiger partial charge in [0.05, 0.1) is 28.6 Å². The number of nitrogens with one attached hydrogen (secondary N) is 2. The van der Waals surface area contributed by atoms with E-state index in [0.29, 0.717) is 43.2 Å². The van der Waals surface area contributed by atoms with Gasteiger partial charge in [0.15, 0.2) is 5.71 Å². The number of rotatable bonds is 21. The molecule has 408 valence electrons. The summed E-state index contributed by atoms with van der Waals surface area (Å²) in [5.41, 5.74) is 2.10. The number of likely N-dealkylation sites (N-methyl/N-ethyl adjacent to an activating group) is 1. The Bertz CT molecular complexity index is 3550. The first-order valence-corrected chi connectivity index (χ1v) is 30.5. The molecular weight excluding hydrogens is 1090 g/mol. The lowest BCUT2D eigenvalue weighted by Crippen LogP contribution is -2.33. The Morgan fingerprint density at radius 2 is 1.61 bits per heavy atom. The molecule has 5 atom stereocenters. The number of aliphatic hydroxyl groups excluding tert-OH is 1. The highest BCUT2D eigenvalue weighted by atomic mass is 32.2. The average molecular weight is 1150 g/mol. The molecule has 1 aromatic heterocycles. The molecule has 1 fully saturated rings. The molecule has 0 amide bonds. The van der Waals surface area contributed by atoms with Crippen molar-refractivity contribution in [3.8, 4) is 0 Å². The molecule has 3 aliphatic heterocycles. The van der Waals surface area contributed by atoms with Crippen LogP contribution in [0, 0.1) is 0 Å². The Labute approximate surface area is 430 Å². The van der Waals surface area contributed by atoms with Gasteiger partial charge in [0.25, 0.3) is 25.8 Å². The minimum atomic E-state index is -5.80. The largest absolute Gasteiger partial charge is 0.490 e. The fourth-order valence-electron chi connectivity index (χ4n) is 9.69. The molecule has 5 unspecified atom stereocenters. The van der Waals surface area contributed by atoms with Crippen LogP contribution in [0.15, 0.2) is 104 Å². The first-order valence-electron chi connectivity index (χ1n) is 23.1. The molecule has 0 bridgehead atoms. The SMILES string of the molecule is CCN1/C(=C/C=C/C2=[N+](CCCCCN/C=C/c3cn(C4CC(O)C(COP(=O)(O)OP(=O)(O)OP(=O)(O)O)O4)c(=O)[nH]c3=O)c3ccc4c(S(=O)(=O)O)cccc4c3C2(C)C)C(C)(C)c2cc(S(=O)(=O)O)ccc21. The van der Waals surface area contributed by atoms with Crippen molar-refractivity contribution < 1.29 is 86.8 Å². The number of fused-ring (bicyclic) bond motifs is 4. The lowest BCUT2D eigenvalue weighted by Gasteiger charge is -2.25. The van der Waals surface area contributed by atoms with Gasteiger partial charge in [0.1, 0.15) is 23.8 Å². The van der Waals surface area contributed by atoms with Gasteiger partial charge in [0, 0.05) is 72.0 Å². The maximum absolute atomic E-state index is 12.8. The molecule has 3 aliphatic rings. The second-order valence-electron chi connectivity index (χ2n) is 18.8. The minimum Gasteiger partial charge on any atom is -0.391 e. The quantitative estimate of drug-likeness (QED) is 0.0223. The van der Waals surface area contributed by atoms with Crippen LogP contribution < -0.4 is 21.5 Å². The van der Waals surface area contributed by atoms with Crippen LogP contribution >= 0.6 is 23.5 Å². The Morgan fingerprint density at radius 3 is 2.28 bits per heavy atom. The number of allylic oxidation sites excluding steroid dienone is 4. The van der Waals surface area contributed by atoms with Gasteiger partial charge in [-0.15, -0.1) is 0 Å². The molecule has 0 saturated carbocycles. The molecule has 0 radical (unpaired) electrons. The van der Waals surface area contributed by atoms with Crippen molar-refractivity contribution in [3.05, 3.63) is 122 Å².